The van der Waals surface area contributed by atoms with Gasteiger partial charge < -0.3 is 10.6 Å². The predicted molar refractivity (Wildman–Crippen MR) is 91.5 cm³/mol. The number of anilines is 1. The first-order chi connectivity index (χ1) is 10.0. The highest BCUT2D eigenvalue weighted by Gasteiger charge is 2.54. The van der Waals surface area contributed by atoms with Gasteiger partial charge in [0, 0.05) is 23.2 Å². The number of benzene rings is 1. The van der Waals surface area contributed by atoms with E-state index in [0.29, 0.717) is 0 Å². The minimum Gasteiger partial charge on any atom is -0.325 e. The van der Waals surface area contributed by atoms with E-state index in [4.69, 9.17) is 5.73 Å². The number of para-hydroxylation sites is 1. The lowest BCUT2D eigenvalue weighted by atomic mass is 9.74. The van der Waals surface area contributed by atoms with Crippen LogP contribution in [0.1, 0.15) is 51.0 Å². The van der Waals surface area contributed by atoms with Crippen molar-refractivity contribution in [3.63, 3.8) is 0 Å². The number of nitrogens with zero attached hydrogens (tertiary/aromatic N) is 1. The van der Waals surface area contributed by atoms with E-state index in [2.05, 4.69) is 25.1 Å². The zero-order valence-electron chi connectivity index (χ0n) is 13.2. The van der Waals surface area contributed by atoms with Gasteiger partial charge in [0.1, 0.15) is 0 Å². The molecule has 4 rings (SSSR count). The molecule has 2 atom stereocenters. The summed E-state index contributed by atoms with van der Waals surface area (Å²) in [5.74, 6) is 0.240. The summed E-state index contributed by atoms with van der Waals surface area (Å²) >= 11 is 0. The first-order valence-electron chi connectivity index (χ1n) is 8.23. The van der Waals surface area contributed by atoms with E-state index in [0.717, 1.165) is 37.9 Å². The second-order valence-corrected chi connectivity index (χ2v) is 7.53. The number of hydrogen-bond acceptors (Lipinski definition) is 2. The molecule has 4 heteroatoms. The largest absolute Gasteiger partial charge is 0.325 e. The standard InChI is InChI=1S/C18H24N2O.ClH/c1-17(19)9-5-4-7-14(17)16(21)20-12-18(10-11-18)13-6-2-3-8-15(13)20;/h2-3,6,8,14H,4-5,7,9-12,19H2,1H3;1H. The van der Waals surface area contributed by atoms with Crippen molar-refractivity contribution in [1.82, 2.24) is 0 Å². The molecule has 1 heterocycles. The van der Waals surface area contributed by atoms with Crippen LogP contribution < -0.4 is 10.6 Å². The highest BCUT2D eigenvalue weighted by atomic mass is 35.5. The van der Waals surface area contributed by atoms with Gasteiger partial charge in [-0.25, -0.2) is 0 Å². The van der Waals surface area contributed by atoms with Gasteiger partial charge in [-0.05, 0) is 44.2 Å². The molecule has 3 aliphatic rings. The summed E-state index contributed by atoms with van der Waals surface area (Å²) in [5, 5.41) is 0. The summed E-state index contributed by atoms with van der Waals surface area (Å²) in [5.41, 5.74) is 8.89. The number of rotatable bonds is 1. The van der Waals surface area contributed by atoms with E-state index in [1.807, 2.05) is 11.0 Å². The molecular weight excluding hydrogens is 296 g/mol. The molecule has 0 saturated heterocycles. The molecule has 3 nitrogen and oxygen atoms in total. The third-order valence-corrected chi connectivity index (χ3v) is 5.90. The number of halogens is 1. The quantitative estimate of drug-likeness (QED) is 0.862. The summed E-state index contributed by atoms with van der Waals surface area (Å²) in [6, 6.07) is 8.46. The van der Waals surface area contributed by atoms with Crippen molar-refractivity contribution in [3.8, 4) is 0 Å². The topological polar surface area (TPSA) is 46.3 Å². The van der Waals surface area contributed by atoms with E-state index in [9.17, 15) is 4.79 Å². The van der Waals surface area contributed by atoms with Crippen molar-refractivity contribution in [2.45, 2.75) is 56.4 Å². The number of hydrogen-bond donors (Lipinski definition) is 1. The molecule has 2 saturated carbocycles. The zero-order chi connectivity index (χ0) is 14.7. The van der Waals surface area contributed by atoms with Crippen LogP contribution in [0.15, 0.2) is 24.3 Å². The number of fused-ring (bicyclic) bond motifs is 2. The van der Waals surface area contributed by atoms with Crippen LogP contribution in [0.5, 0.6) is 0 Å². The third-order valence-electron chi connectivity index (χ3n) is 5.90. The van der Waals surface area contributed by atoms with Crippen molar-refractivity contribution in [2.75, 3.05) is 11.4 Å². The maximum Gasteiger partial charge on any atom is 0.231 e. The molecule has 1 aromatic carbocycles. The Balaban J connectivity index is 0.00000144. The fraction of sp³-hybridized carbons (Fsp3) is 0.611. The van der Waals surface area contributed by atoms with Crippen molar-refractivity contribution >= 4 is 24.0 Å². The van der Waals surface area contributed by atoms with Crippen LogP contribution in [0.25, 0.3) is 0 Å². The fourth-order valence-electron chi connectivity index (χ4n) is 4.36. The Labute approximate surface area is 138 Å². The summed E-state index contributed by atoms with van der Waals surface area (Å²) in [7, 11) is 0. The third kappa shape index (κ3) is 2.26. The van der Waals surface area contributed by atoms with E-state index < -0.39 is 0 Å². The molecule has 2 fully saturated rings. The van der Waals surface area contributed by atoms with Gasteiger partial charge >= 0.3 is 0 Å². The summed E-state index contributed by atoms with van der Waals surface area (Å²) in [6.45, 7) is 2.93. The van der Waals surface area contributed by atoms with E-state index in [-0.39, 0.29) is 35.2 Å². The van der Waals surface area contributed by atoms with Crippen LogP contribution in [-0.4, -0.2) is 18.0 Å². The van der Waals surface area contributed by atoms with Crippen molar-refractivity contribution in [2.24, 2.45) is 11.7 Å². The lowest BCUT2D eigenvalue weighted by Crippen LogP contribution is -2.53. The molecule has 0 radical (unpaired) electrons. The minimum absolute atomic E-state index is 0. The summed E-state index contributed by atoms with van der Waals surface area (Å²) in [6.07, 6.45) is 6.62. The van der Waals surface area contributed by atoms with Crippen LogP contribution in [-0.2, 0) is 10.2 Å². The van der Waals surface area contributed by atoms with Gasteiger partial charge in [-0.15, -0.1) is 12.4 Å². The summed E-state index contributed by atoms with van der Waals surface area (Å²) < 4.78 is 0. The van der Waals surface area contributed by atoms with Gasteiger partial charge in [0.25, 0.3) is 0 Å². The molecule has 1 spiro atoms. The number of carbonyl (C=O) groups is 1. The van der Waals surface area contributed by atoms with Crippen LogP contribution in [0, 0.1) is 5.92 Å². The highest BCUT2D eigenvalue weighted by Crippen LogP contribution is 2.56. The van der Waals surface area contributed by atoms with Crippen LogP contribution >= 0.6 is 12.4 Å². The maximum absolute atomic E-state index is 13.1. The van der Waals surface area contributed by atoms with Gasteiger partial charge in [0.15, 0.2) is 0 Å². The van der Waals surface area contributed by atoms with Crippen LogP contribution in [0.2, 0.25) is 0 Å². The molecule has 22 heavy (non-hydrogen) atoms. The number of nitrogens with two attached hydrogens (primary N) is 1. The molecular formula is C18H25ClN2O. The normalized spacial score (nSPS) is 31.5. The minimum atomic E-state index is -0.344. The Morgan fingerprint density at radius 2 is 1.95 bits per heavy atom. The summed E-state index contributed by atoms with van der Waals surface area (Å²) in [4.78, 5) is 15.2. The van der Waals surface area contributed by atoms with E-state index in [1.165, 1.54) is 18.4 Å². The molecule has 2 N–H and O–H groups in total. The van der Waals surface area contributed by atoms with Gasteiger partial charge in [0.05, 0.1) is 5.92 Å². The van der Waals surface area contributed by atoms with Crippen molar-refractivity contribution in [1.29, 1.82) is 0 Å². The van der Waals surface area contributed by atoms with Crippen LogP contribution in [0.3, 0.4) is 0 Å². The van der Waals surface area contributed by atoms with Gasteiger partial charge in [-0.2, -0.15) is 0 Å². The molecule has 1 aliphatic heterocycles. The number of carbonyl (C=O) groups excluding carboxylic acids is 1. The van der Waals surface area contributed by atoms with Crippen LogP contribution in [0.4, 0.5) is 5.69 Å². The Kier molecular flexibility index (Phi) is 3.77. The van der Waals surface area contributed by atoms with E-state index in [1.54, 1.807) is 0 Å². The molecule has 0 aromatic heterocycles. The Morgan fingerprint density at radius 3 is 2.64 bits per heavy atom. The molecule has 2 unspecified atom stereocenters. The Morgan fingerprint density at radius 1 is 1.23 bits per heavy atom. The lowest BCUT2D eigenvalue weighted by molar-refractivity contribution is -0.125. The monoisotopic (exact) mass is 320 g/mol. The average Bonchev–Trinajstić information content (AvgIpc) is 3.16. The SMILES string of the molecule is CC1(N)CCCCC1C(=O)N1CC2(CC2)c2ccccc21.Cl. The average molecular weight is 321 g/mol. The fourth-order valence-corrected chi connectivity index (χ4v) is 4.36. The first kappa shape index (κ1) is 15.8. The van der Waals surface area contributed by atoms with Crippen molar-refractivity contribution in [3.05, 3.63) is 29.8 Å². The molecule has 0 bridgehead atoms. The highest BCUT2D eigenvalue weighted by molar-refractivity contribution is 5.99. The molecule has 1 amide bonds. The second kappa shape index (κ2) is 5.24. The second-order valence-electron chi connectivity index (χ2n) is 7.53. The predicted octanol–water partition coefficient (Wildman–Crippen LogP) is 3.39. The zero-order valence-corrected chi connectivity index (χ0v) is 14.0. The lowest BCUT2D eigenvalue weighted by Gasteiger charge is -2.39. The smallest absolute Gasteiger partial charge is 0.231 e. The van der Waals surface area contributed by atoms with Gasteiger partial charge in [-0.1, -0.05) is 31.0 Å². The molecule has 120 valence electrons. The Bertz CT molecular complexity index is 595. The molecule has 1 aromatic rings. The van der Waals surface area contributed by atoms with Gasteiger partial charge in [-0.3, -0.25) is 4.79 Å². The number of amides is 1. The van der Waals surface area contributed by atoms with E-state index >= 15 is 0 Å². The van der Waals surface area contributed by atoms with Gasteiger partial charge in [0.2, 0.25) is 5.91 Å². The first-order valence-corrected chi connectivity index (χ1v) is 8.23. The Hall–Kier alpha value is -1.06. The maximum atomic E-state index is 13.1. The molecule has 2 aliphatic carbocycles. The van der Waals surface area contributed by atoms with Crippen molar-refractivity contribution < 1.29 is 4.79 Å².